The van der Waals surface area contributed by atoms with E-state index in [0.717, 1.165) is 5.39 Å². The zero-order valence-electron chi connectivity index (χ0n) is 15.6. The molecule has 0 bridgehead atoms. The minimum Gasteiger partial charge on any atom is -0.323 e. The van der Waals surface area contributed by atoms with Gasteiger partial charge in [-0.15, -0.1) is 0 Å². The standard InChI is InChI=1S/C21H20FN3O3S/c22-17-9-1-2-10-18(17)24-21(26)16-8-5-13-25(14-16)29(27,28)19-11-3-6-15-7-4-12-23-20(15)19/h1-4,6-7,9-12,16H,5,8,13-14H2,(H,24,26)/t16-/m0/s1. The van der Waals surface area contributed by atoms with Crippen LogP contribution in [0, 0.1) is 11.7 Å². The maximum absolute atomic E-state index is 13.8. The summed E-state index contributed by atoms with van der Waals surface area (Å²) >= 11 is 0. The van der Waals surface area contributed by atoms with Crippen LogP contribution in [-0.4, -0.2) is 36.7 Å². The number of para-hydroxylation sites is 2. The fourth-order valence-electron chi connectivity index (χ4n) is 3.60. The van der Waals surface area contributed by atoms with Gasteiger partial charge in [0.15, 0.2) is 0 Å². The predicted molar refractivity (Wildman–Crippen MR) is 108 cm³/mol. The van der Waals surface area contributed by atoms with Crippen molar-refractivity contribution < 1.29 is 17.6 Å². The molecule has 0 unspecified atom stereocenters. The third kappa shape index (κ3) is 3.86. The number of anilines is 1. The number of pyridine rings is 1. The van der Waals surface area contributed by atoms with Gasteiger partial charge in [-0.05, 0) is 37.1 Å². The molecule has 6 nitrogen and oxygen atoms in total. The van der Waals surface area contributed by atoms with Crippen molar-refractivity contribution in [2.24, 2.45) is 5.92 Å². The Labute approximate surface area is 168 Å². The Morgan fingerprint density at radius 1 is 1.10 bits per heavy atom. The quantitative estimate of drug-likeness (QED) is 0.711. The van der Waals surface area contributed by atoms with E-state index in [1.807, 2.05) is 12.1 Å². The minimum absolute atomic E-state index is 0.0475. The second-order valence-electron chi connectivity index (χ2n) is 7.00. The van der Waals surface area contributed by atoms with Crippen molar-refractivity contribution in [3.05, 3.63) is 66.6 Å². The smallest absolute Gasteiger partial charge is 0.245 e. The van der Waals surface area contributed by atoms with Crippen LogP contribution in [0.25, 0.3) is 10.9 Å². The summed E-state index contributed by atoms with van der Waals surface area (Å²) in [7, 11) is -3.82. The van der Waals surface area contributed by atoms with Crippen LogP contribution in [-0.2, 0) is 14.8 Å². The number of carbonyl (C=O) groups excluding carboxylic acids is 1. The molecule has 1 saturated heterocycles. The molecular weight excluding hydrogens is 393 g/mol. The summed E-state index contributed by atoms with van der Waals surface area (Å²) in [5, 5.41) is 3.31. The highest BCUT2D eigenvalue weighted by molar-refractivity contribution is 7.89. The van der Waals surface area contributed by atoms with Crippen LogP contribution in [0.3, 0.4) is 0 Å². The molecule has 0 spiro atoms. The van der Waals surface area contributed by atoms with Gasteiger partial charge in [0.05, 0.1) is 17.1 Å². The van der Waals surface area contributed by atoms with Gasteiger partial charge in [-0.3, -0.25) is 9.78 Å². The van der Waals surface area contributed by atoms with Crippen LogP contribution in [0.2, 0.25) is 0 Å². The largest absolute Gasteiger partial charge is 0.323 e. The summed E-state index contributed by atoms with van der Waals surface area (Å²) in [4.78, 5) is 17.0. The molecule has 150 valence electrons. The number of hydrogen-bond donors (Lipinski definition) is 1. The Bertz CT molecular complexity index is 1160. The summed E-state index contributed by atoms with van der Waals surface area (Å²) in [6, 6.07) is 14.5. The number of benzene rings is 2. The summed E-state index contributed by atoms with van der Waals surface area (Å²) < 4.78 is 41.7. The molecule has 3 aromatic rings. The normalized spacial score (nSPS) is 17.9. The predicted octanol–water partition coefficient (Wildman–Crippen LogP) is 3.41. The number of rotatable bonds is 4. The number of carbonyl (C=O) groups is 1. The Kier molecular flexibility index (Phi) is 5.29. The Morgan fingerprint density at radius 2 is 1.90 bits per heavy atom. The first-order chi connectivity index (χ1) is 14.0. The number of fused-ring (bicyclic) bond motifs is 1. The fraction of sp³-hybridized carbons (Fsp3) is 0.238. The van der Waals surface area contributed by atoms with E-state index in [2.05, 4.69) is 10.3 Å². The van der Waals surface area contributed by atoms with Crippen molar-refractivity contribution in [2.45, 2.75) is 17.7 Å². The van der Waals surface area contributed by atoms with Crippen molar-refractivity contribution in [1.82, 2.24) is 9.29 Å². The maximum atomic E-state index is 13.8. The van der Waals surface area contributed by atoms with E-state index in [1.165, 1.54) is 28.6 Å². The molecule has 1 aromatic heterocycles. The number of amides is 1. The van der Waals surface area contributed by atoms with Crippen LogP contribution < -0.4 is 5.32 Å². The van der Waals surface area contributed by atoms with Gasteiger partial charge >= 0.3 is 0 Å². The average Bonchev–Trinajstić information content (AvgIpc) is 2.75. The molecule has 8 heteroatoms. The van der Waals surface area contributed by atoms with Crippen molar-refractivity contribution >= 4 is 32.5 Å². The highest BCUT2D eigenvalue weighted by Crippen LogP contribution is 2.28. The van der Waals surface area contributed by atoms with E-state index in [0.29, 0.717) is 24.9 Å². The van der Waals surface area contributed by atoms with Gasteiger partial charge in [-0.1, -0.05) is 30.3 Å². The summed E-state index contributed by atoms with van der Waals surface area (Å²) in [5.74, 6) is -1.46. The first-order valence-electron chi connectivity index (χ1n) is 9.36. The molecule has 1 fully saturated rings. The van der Waals surface area contributed by atoms with Crippen LogP contribution in [0.4, 0.5) is 10.1 Å². The monoisotopic (exact) mass is 413 g/mol. The molecule has 1 amide bonds. The van der Waals surface area contributed by atoms with Gasteiger partial charge in [0, 0.05) is 24.7 Å². The number of nitrogens with one attached hydrogen (secondary N) is 1. The number of aromatic nitrogens is 1. The zero-order chi connectivity index (χ0) is 20.4. The van der Waals surface area contributed by atoms with E-state index in [1.54, 1.807) is 24.4 Å². The van der Waals surface area contributed by atoms with Gasteiger partial charge < -0.3 is 5.32 Å². The van der Waals surface area contributed by atoms with Gasteiger partial charge in [-0.25, -0.2) is 12.8 Å². The van der Waals surface area contributed by atoms with E-state index in [4.69, 9.17) is 0 Å². The maximum Gasteiger partial charge on any atom is 0.245 e. The topological polar surface area (TPSA) is 79.4 Å². The van der Waals surface area contributed by atoms with Crippen LogP contribution in [0.5, 0.6) is 0 Å². The lowest BCUT2D eigenvalue weighted by Gasteiger charge is -2.31. The lowest BCUT2D eigenvalue weighted by atomic mass is 9.98. The molecular formula is C21H20FN3O3S. The molecule has 4 rings (SSSR count). The van der Waals surface area contributed by atoms with Gasteiger partial charge in [-0.2, -0.15) is 4.31 Å². The van der Waals surface area contributed by atoms with E-state index in [9.17, 15) is 17.6 Å². The van der Waals surface area contributed by atoms with Crippen LogP contribution >= 0.6 is 0 Å². The first kappa shape index (κ1) is 19.5. The van der Waals surface area contributed by atoms with Crippen molar-refractivity contribution in [1.29, 1.82) is 0 Å². The number of piperidine rings is 1. The van der Waals surface area contributed by atoms with E-state index >= 15 is 0 Å². The molecule has 1 aliphatic heterocycles. The molecule has 29 heavy (non-hydrogen) atoms. The Morgan fingerprint density at radius 3 is 2.72 bits per heavy atom. The second kappa shape index (κ2) is 7.88. The Balaban J connectivity index is 1.57. The van der Waals surface area contributed by atoms with Crippen molar-refractivity contribution in [2.75, 3.05) is 18.4 Å². The van der Waals surface area contributed by atoms with Gasteiger partial charge in [0.25, 0.3) is 0 Å². The third-order valence-electron chi connectivity index (χ3n) is 5.10. The summed E-state index contributed by atoms with van der Waals surface area (Å²) in [6.45, 7) is 0.376. The molecule has 0 aliphatic carbocycles. The Hall–Kier alpha value is -2.84. The number of hydrogen-bond acceptors (Lipinski definition) is 4. The van der Waals surface area contributed by atoms with Crippen LogP contribution in [0.1, 0.15) is 12.8 Å². The SMILES string of the molecule is O=C(Nc1ccccc1F)[C@H]1CCCN(S(=O)(=O)c2cccc3cccnc23)C1. The van der Waals surface area contributed by atoms with Crippen molar-refractivity contribution in [3.8, 4) is 0 Å². The molecule has 1 atom stereocenters. The molecule has 1 aliphatic rings. The lowest BCUT2D eigenvalue weighted by Crippen LogP contribution is -2.43. The van der Waals surface area contributed by atoms with E-state index < -0.39 is 21.8 Å². The minimum atomic E-state index is -3.82. The highest BCUT2D eigenvalue weighted by atomic mass is 32.2. The third-order valence-corrected chi connectivity index (χ3v) is 7.00. The first-order valence-corrected chi connectivity index (χ1v) is 10.8. The zero-order valence-corrected chi connectivity index (χ0v) is 16.4. The molecule has 0 saturated carbocycles. The lowest BCUT2D eigenvalue weighted by molar-refractivity contribution is -0.120. The number of nitrogens with zero attached hydrogens (tertiary/aromatic N) is 2. The fourth-order valence-corrected chi connectivity index (χ4v) is 5.28. The van der Waals surface area contributed by atoms with Crippen LogP contribution in [0.15, 0.2) is 65.7 Å². The molecule has 1 N–H and O–H groups in total. The molecule has 2 heterocycles. The molecule has 0 radical (unpaired) electrons. The second-order valence-corrected chi connectivity index (χ2v) is 8.91. The molecule has 2 aromatic carbocycles. The van der Waals surface area contributed by atoms with Gasteiger partial charge in [0.2, 0.25) is 15.9 Å². The highest BCUT2D eigenvalue weighted by Gasteiger charge is 2.34. The summed E-state index contributed by atoms with van der Waals surface area (Å²) in [6.07, 6.45) is 2.65. The number of sulfonamides is 1. The van der Waals surface area contributed by atoms with E-state index in [-0.39, 0.29) is 23.0 Å². The van der Waals surface area contributed by atoms with Gasteiger partial charge in [0.1, 0.15) is 10.7 Å². The number of halogens is 1. The van der Waals surface area contributed by atoms with Crippen molar-refractivity contribution in [3.63, 3.8) is 0 Å². The average molecular weight is 413 g/mol. The summed E-state index contributed by atoms with van der Waals surface area (Å²) in [5.41, 5.74) is 0.503.